The highest BCUT2D eigenvalue weighted by atomic mass is 32.2. The van der Waals surface area contributed by atoms with Crippen LogP contribution in [0.1, 0.15) is 39.7 Å². The molecule has 6 heteroatoms. The van der Waals surface area contributed by atoms with E-state index in [1.54, 1.807) is 18.9 Å². The molecule has 2 aromatic carbocycles. The van der Waals surface area contributed by atoms with Crippen LogP contribution in [0, 0.1) is 0 Å². The van der Waals surface area contributed by atoms with Gasteiger partial charge in [0, 0.05) is 11.3 Å². The van der Waals surface area contributed by atoms with Crippen molar-refractivity contribution < 1.29 is 18.6 Å². The van der Waals surface area contributed by atoms with Crippen molar-refractivity contribution in [3.8, 4) is 5.75 Å². The monoisotopic (exact) mass is 474 g/mol. The molecule has 4 nitrogen and oxygen atoms in total. The molecule has 4 atom stereocenters. The van der Waals surface area contributed by atoms with E-state index >= 15 is 0 Å². The zero-order valence-corrected chi connectivity index (χ0v) is 22.3. The fraction of sp³-hybridized carbons (Fsp3) is 0.538. The number of rotatable bonds is 8. The van der Waals surface area contributed by atoms with E-state index in [0.717, 1.165) is 17.7 Å². The van der Waals surface area contributed by atoms with Crippen LogP contribution in [0.15, 0.2) is 59.5 Å². The van der Waals surface area contributed by atoms with Crippen molar-refractivity contribution in [2.24, 2.45) is 0 Å². The van der Waals surface area contributed by atoms with Gasteiger partial charge in [0.25, 0.3) is 0 Å². The zero-order chi connectivity index (χ0) is 23.4. The van der Waals surface area contributed by atoms with Gasteiger partial charge in [-0.15, -0.1) is 0 Å². The minimum Gasteiger partial charge on any atom is -0.497 e. The summed E-state index contributed by atoms with van der Waals surface area (Å²) in [5, 5.41) is 0.136. The van der Waals surface area contributed by atoms with Crippen LogP contribution >= 0.6 is 11.8 Å². The molecule has 0 N–H and O–H groups in total. The second kappa shape index (κ2) is 10.7. The fourth-order valence-electron chi connectivity index (χ4n) is 3.55. The Morgan fingerprint density at radius 2 is 1.69 bits per heavy atom. The van der Waals surface area contributed by atoms with Gasteiger partial charge in [-0.1, -0.05) is 62.9 Å². The third-order valence-electron chi connectivity index (χ3n) is 6.48. The maximum Gasteiger partial charge on any atom is 0.192 e. The van der Waals surface area contributed by atoms with Crippen molar-refractivity contribution >= 4 is 20.1 Å². The first-order chi connectivity index (χ1) is 15.1. The molecule has 1 saturated heterocycles. The van der Waals surface area contributed by atoms with E-state index in [4.69, 9.17) is 18.6 Å². The van der Waals surface area contributed by atoms with Crippen LogP contribution in [0.2, 0.25) is 18.1 Å². The van der Waals surface area contributed by atoms with Gasteiger partial charge in [-0.3, -0.25) is 0 Å². The summed E-state index contributed by atoms with van der Waals surface area (Å²) >= 11 is 1.77. The predicted molar refractivity (Wildman–Crippen MR) is 135 cm³/mol. The second-order valence-corrected chi connectivity index (χ2v) is 16.0. The van der Waals surface area contributed by atoms with E-state index in [1.165, 1.54) is 4.90 Å². The van der Waals surface area contributed by atoms with E-state index in [9.17, 15) is 0 Å². The Balaban J connectivity index is 1.74. The van der Waals surface area contributed by atoms with Gasteiger partial charge in [-0.25, -0.2) is 0 Å². The van der Waals surface area contributed by atoms with Crippen LogP contribution in [-0.4, -0.2) is 39.2 Å². The summed E-state index contributed by atoms with van der Waals surface area (Å²) in [7, 11) is -0.288. The Kier molecular flexibility index (Phi) is 8.50. The summed E-state index contributed by atoms with van der Waals surface area (Å²) in [6.45, 7) is 14.1. The fourth-order valence-corrected chi connectivity index (χ4v) is 6.03. The first-order valence-corrected chi connectivity index (χ1v) is 15.2. The largest absolute Gasteiger partial charge is 0.497 e. The van der Waals surface area contributed by atoms with Crippen molar-refractivity contribution in [1.82, 2.24) is 0 Å². The Morgan fingerprint density at radius 3 is 2.28 bits per heavy atom. The molecule has 1 aliphatic heterocycles. The Morgan fingerprint density at radius 1 is 1.03 bits per heavy atom. The maximum absolute atomic E-state index is 6.92. The van der Waals surface area contributed by atoms with Crippen LogP contribution in [0.4, 0.5) is 0 Å². The molecule has 0 saturated carbocycles. The number of ether oxygens (including phenoxy) is 3. The molecule has 1 aliphatic rings. The van der Waals surface area contributed by atoms with Crippen LogP contribution in [0.3, 0.4) is 0 Å². The van der Waals surface area contributed by atoms with Crippen LogP contribution in [-0.2, 0) is 20.5 Å². The highest BCUT2D eigenvalue weighted by Crippen LogP contribution is 2.41. The molecule has 0 spiro atoms. The number of hydrogen-bond donors (Lipinski definition) is 0. The topological polar surface area (TPSA) is 36.9 Å². The minimum absolute atomic E-state index is 0.000831. The van der Waals surface area contributed by atoms with Gasteiger partial charge >= 0.3 is 0 Å². The third kappa shape index (κ3) is 6.61. The summed E-state index contributed by atoms with van der Waals surface area (Å²) in [5.74, 6) is 0.850. The molecule has 0 radical (unpaired) electrons. The van der Waals surface area contributed by atoms with Crippen molar-refractivity contribution in [3.05, 3.63) is 60.2 Å². The molecule has 0 aromatic heterocycles. The molecule has 0 unspecified atom stereocenters. The molecule has 1 fully saturated rings. The lowest BCUT2D eigenvalue weighted by atomic mass is 10.0. The molecular weight excluding hydrogens is 436 g/mol. The van der Waals surface area contributed by atoms with Gasteiger partial charge in [-0.2, -0.15) is 0 Å². The summed E-state index contributed by atoms with van der Waals surface area (Å²) in [6.07, 6.45) is 0.639. The highest BCUT2D eigenvalue weighted by molar-refractivity contribution is 7.99. The van der Waals surface area contributed by atoms with Crippen LogP contribution in [0.5, 0.6) is 5.75 Å². The Hall–Kier alpha value is -1.31. The van der Waals surface area contributed by atoms with E-state index in [1.807, 2.05) is 30.3 Å². The summed E-state index contributed by atoms with van der Waals surface area (Å²) < 4.78 is 25.0. The molecule has 32 heavy (non-hydrogen) atoms. The predicted octanol–water partition coefficient (Wildman–Crippen LogP) is 6.90. The van der Waals surface area contributed by atoms with Crippen LogP contribution in [0.25, 0.3) is 0 Å². The average Bonchev–Trinajstić information content (AvgIpc) is 2.73. The number of methoxy groups -OCH3 is 1. The van der Waals surface area contributed by atoms with Crippen LogP contribution < -0.4 is 4.74 Å². The second-order valence-electron chi connectivity index (χ2n) is 9.98. The summed E-state index contributed by atoms with van der Waals surface area (Å²) in [5.41, 5.74) is 1.16. The summed E-state index contributed by atoms with van der Waals surface area (Å²) in [6, 6.07) is 18.5. The normalized spacial score (nSPS) is 24.3. The average molecular weight is 475 g/mol. The van der Waals surface area contributed by atoms with Gasteiger partial charge in [0.2, 0.25) is 0 Å². The summed E-state index contributed by atoms with van der Waals surface area (Å²) in [4.78, 5) is 1.22. The van der Waals surface area contributed by atoms with Gasteiger partial charge in [0.05, 0.1) is 25.9 Å². The van der Waals surface area contributed by atoms with Gasteiger partial charge in [0.15, 0.2) is 8.32 Å². The highest BCUT2D eigenvalue weighted by Gasteiger charge is 2.45. The lowest BCUT2D eigenvalue weighted by Crippen LogP contribution is -2.54. The van der Waals surface area contributed by atoms with Gasteiger partial charge in [0.1, 0.15) is 17.3 Å². The van der Waals surface area contributed by atoms with Crippen molar-refractivity contribution in [2.75, 3.05) is 7.11 Å². The Labute approximate surface area is 199 Å². The Bertz CT molecular complexity index is 835. The van der Waals surface area contributed by atoms with E-state index < -0.39 is 8.32 Å². The molecule has 2 aromatic rings. The van der Waals surface area contributed by atoms with E-state index in [0.29, 0.717) is 6.61 Å². The van der Waals surface area contributed by atoms with E-state index in [-0.39, 0.29) is 28.8 Å². The van der Waals surface area contributed by atoms with E-state index in [2.05, 4.69) is 65.1 Å². The SMILES string of the molecule is COc1ccc(CO[C@H]2[C@@H](O[Si](C)(C)C(C)(C)C)C[C@H](Sc3ccccc3)O[C@@H]2C)cc1. The number of thioether (sulfide) groups is 1. The molecular formula is C26H38O4SSi. The zero-order valence-electron chi connectivity index (χ0n) is 20.5. The standard InChI is InChI=1S/C26H38O4SSi/c1-19-25(28-18-20-13-15-21(27-5)16-14-20)23(30-32(6,7)26(2,3)4)17-24(29-19)31-22-11-9-8-10-12-22/h8-16,19,23-25H,17-18H2,1-7H3/t19-,23+,24+,25-/m1/s1. The number of benzene rings is 2. The van der Waals surface area contributed by atoms with Gasteiger partial charge in [-0.05, 0) is 54.9 Å². The first-order valence-electron chi connectivity index (χ1n) is 11.4. The first kappa shape index (κ1) is 25.3. The van der Waals surface area contributed by atoms with Crippen molar-refractivity contribution in [1.29, 1.82) is 0 Å². The molecule has 0 aliphatic carbocycles. The quantitative estimate of drug-likeness (QED) is 0.389. The lowest BCUT2D eigenvalue weighted by Gasteiger charge is -2.46. The molecule has 0 amide bonds. The maximum atomic E-state index is 6.92. The smallest absolute Gasteiger partial charge is 0.192 e. The molecule has 1 heterocycles. The minimum atomic E-state index is -1.97. The lowest BCUT2D eigenvalue weighted by molar-refractivity contribution is -0.162. The molecule has 0 bridgehead atoms. The van der Waals surface area contributed by atoms with Crippen molar-refractivity contribution in [3.63, 3.8) is 0 Å². The van der Waals surface area contributed by atoms with Crippen molar-refractivity contribution in [2.45, 2.75) is 87.5 Å². The molecule has 3 rings (SSSR count). The number of hydrogen-bond acceptors (Lipinski definition) is 5. The van der Waals surface area contributed by atoms with Gasteiger partial charge < -0.3 is 18.6 Å². The molecule has 176 valence electrons. The third-order valence-corrected chi connectivity index (χ3v) is 12.1.